The third kappa shape index (κ3) is 3.65. The standard InChI is InChI=1S/C23H21FN4O2/c24-19-6-3-16(4-7-19)17-5-8-22(25-12-17)28-23(21-2-1-11-30-21)18(13-26-28)14-27-10-9-20(29)15-27/h1-8,11-13,20,29H,9-10,14-15H2. The van der Waals surface area contributed by atoms with E-state index in [1.165, 1.54) is 12.1 Å². The number of hydrogen-bond acceptors (Lipinski definition) is 5. The first-order chi connectivity index (χ1) is 14.7. The van der Waals surface area contributed by atoms with E-state index in [1.807, 2.05) is 30.5 Å². The molecule has 6 nitrogen and oxygen atoms in total. The summed E-state index contributed by atoms with van der Waals surface area (Å²) in [6.45, 7) is 2.20. The Balaban J connectivity index is 1.48. The molecule has 0 bridgehead atoms. The van der Waals surface area contributed by atoms with E-state index in [-0.39, 0.29) is 11.9 Å². The molecule has 0 saturated carbocycles. The molecule has 0 aliphatic carbocycles. The maximum Gasteiger partial charge on any atom is 0.154 e. The van der Waals surface area contributed by atoms with Gasteiger partial charge in [-0.05, 0) is 48.4 Å². The number of furan rings is 1. The lowest BCUT2D eigenvalue weighted by molar-refractivity contribution is 0.175. The molecule has 152 valence electrons. The molecule has 30 heavy (non-hydrogen) atoms. The van der Waals surface area contributed by atoms with Crippen LogP contribution in [0.4, 0.5) is 4.39 Å². The Bertz CT molecular complexity index is 1120. The average Bonchev–Trinajstić information content (AvgIpc) is 3.50. The largest absolute Gasteiger partial charge is 0.463 e. The van der Waals surface area contributed by atoms with E-state index in [4.69, 9.17) is 4.42 Å². The lowest BCUT2D eigenvalue weighted by atomic mass is 10.1. The van der Waals surface area contributed by atoms with Crippen molar-refractivity contribution in [2.24, 2.45) is 0 Å². The van der Waals surface area contributed by atoms with Crippen LogP contribution in [-0.4, -0.2) is 44.0 Å². The lowest BCUT2D eigenvalue weighted by Crippen LogP contribution is -2.21. The molecule has 4 heterocycles. The highest BCUT2D eigenvalue weighted by atomic mass is 19.1. The molecule has 4 aromatic rings. The molecule has 0 radical (unpaired) electrons. The van der Waals surface area contributed by atoms with Crippen molar-refractivity contribution in [3.63, 3.8) is 0 Å². The summed E-state index contributed by atoms with van der Waals surface area (Å²) in [7, 11) is 0. The summed E-state index contributed by atoms with van der Waals surface area (Å²) in [6, 6.07) is 13.9. The minimum Gasteiger partial charge on any atom is -0.463 e. The second kappa shape index (κ2) is 7.85. The first kappa shape index (κ1) is 18.7. The molecule has 1 unspecified atom stereocenters. The Hall–Kier alpha value is -3.29. The Morgan fingerprint density at radius 3 is 2.57 bits per heavy atom. The second-order valence-electron chi connectivity index (χ2n) is 7.50. The summed E-state index contributed by atoms with van der Waals surface area (Å²) in [4.78, 5) is 6.80. The van der Waals surface area contributed by atoms with E-state index in [2.05, 4.69) is 15.0 Å². The normalized spacial score (nSPS) is 16.9. The zero-order chi connectivity index (χ0) is 20.5. The predicted octanol–water partition coefficient (Wildman–Crippen LogP) is 3.90. The van der Waals surface area contributed by atoms with E-state index in [0.29, 0.717) is 24.7 Å². The van der Waals surface area contributed by atoms with E-state index < -0.39 is 0 Å². The van der Waals surface area contributed by atoms with E-state index in [0.717, 1.165) is 35.3 Å². The van der Waals surface area contributed by atoms with Crippen molar-refractivity contribution >= 4 is 0 Å². The summed E-state index contributed by atoms with van der Waals surface area (Å²) >= 11 is 0. The van der Waals surface area contributed by atoms with Crippen LogP contribution >= 0.6 is 0 Å². The predicted molar refractivity (Wildman–Crippen MR) is 110 cm³/mol. The summed E-state index contributed by atoms with van der Waals surface area (Å²) in [5, 5.41) is 14.4. The van der Waals surface area contributed by atoms with Gasteiger partial charge in [-0.15, -0.1) is 0 Å². The molecular weight excluding hydrogens is 383 g/mol. The number of β-amino-alcohol motifs (C(OH)–C–C–N with tert-alkyl or cyclic N) is 1. The van der Waals surface area contributed by atoms with Gasteiger partial charge in [-0.25, -0.2) is 14.1 Å². The van der Waals surface area contributed by atoms with E-state index in [9.17, 15) is 9.50 Å². The molecule has 0 spiro atoms. The van der Waals surface area contributed by atoms with Crippen LogP contribution in [0.25, 0.3) is 28.4 Å². The minimum atomic E-state index is -0.271. The number of aliphatic hydroxyl groups excluding tert-OH is 1. The number of aliphatic hydroxyl groups is 1. The molecule has 3 aromatic heterocycles. The molecule has 0 amide bonds. The quantitative estimate of drug-likeness (QED) is 0.546. The van der Waals surface area contributed by atoms with Crippen LogP contribution in [0.1, 0.15) is 12.0 Å². The molecule has 1 aliphatic rings. The topological polar surface area (TPSA) is 67.3 Å². The maximum absolute atomic E-state index is 13.2. The minimum absolute atomic E-state index is 0.263. The van der Waals surface area contributed by atoms with Gasteiger partial charge in [0.15, 0.2) is 11.6 Å². The zero-order valence-electron chi connectivity index (χ0n) is 16.3. The van der Waals surface area contributed by atoms with Crippen molar-refractivity contribution in [2.45, 2.75) is 19.1 Å². The van der Waals surface area contributed by atoms with Gasteiger partial charge < -0.3 is 9.52 Å². The van der Waals surface area contributed by atoms with Crippen LogP contribution in [0.15, 0.2) is 71.6 Å². The van der Waals surface area contributed by atoms with Crippen LogP contribution in [0, 0.1) is 5.82 Å². The number of likely N-dealkylation sites (tertiary alicyclic amines) is 1. The van der Waals surface area contributed by atoms with Gasteiger partial charge in [0.25, 0.3) is 0 Å². The smallest absolute Gasteiger partial charge is 0.154 e. The lowest BCUT2D eigenvalue weighted by Gasteiger charge is -2.15. The number of pyridine rings is 1. The number of nitrogens with zero attached hydrogens (tertiary/aromatic N) is 4. The molecule has 5 rings (SSSR count). The highest BCUT2D eigenvalue weighted by molar-refractivity contribution is 5.64. The Kier molecular flexibility index (Phi) is 4.90. The van der Waals surface area contributed by atoms with Gasteiger partial charge in [0.2, 0.25) is 0 Å². The Labute approximate surface area is 173 Å². The SMILES string of the molecule is OC1CCN(Cc2cnn(-c3ccc(-c4ccc(F)cc4)cn3)c2-c2ccco2)C1. The molecule has 1 aliphatic heterocycles. The average molecular weight is 404 g/mol. The van der Waals surface area contributed by atoms with Crippen molar-refractivity contribution in [3.8, 4) is 28.4 Å². The van der Waals surface area contributed by atoms with Gasteiger partial charge in [0.05, 0.1) is 18.6 Å². The molecule has 1 N–H and O–H groups in total. The van der Waals surface area contributed by atoms with Crippen molar-refractivity contribution in [3.05, 3.63) is 78.6 Å². The number of benzene rings is 1. The number of halogens is 1. The second-order valence-corrected chi connectivity index (χ2v) is 7.50. The highest BCUT2D eigenvalue weighted by Crippen LogP contribution is 2.29. The third-order valence-corrected chi connectivity index (χ3v) is 5.38. The fourth-order valence-corrected chi connectivity index (χ4v) is 3.87. The molecular formula is C23H21FN4O2. The van der Waals surface area contributed by atoms with Gasteiger partial charge >= 0.3 is 0 Å². The summed E-state index contributed by atoms with van der Waals surface area (Å²) in [5.74, 6) is 1.12. The first-order valence-electron chi connectivity index (χ1n) is 9.91. The number of hydrogen-bond donors (Lipinski definition) is 1. The van der Waals surface area contributed by atoms with E-state index in [1.54, 1.807) is 29.3 Å². The van der Waals surface area contributed by atoms with E-state index >= 15 is 0 Å². The van der Waals surface area contributed by atoms with Crippen molar-refractivity contribution in [1.82, 2.24) is 19.7 Å². The number of aromatic nitrogens is 3. The zero-order valence-corrected chi connectivity index (χ0v) is 16.3. The van der Waals surface area contributed by atoms with Crippen LogP contribution in [-0.2, 0) is 6.54 Å². The van der Waals surface area contributed by atoms with Gasteiger partial charge in [-0.1, -0.05) is 12.1 Å². The van der Waals surface area contributed by atoms with Gasteiger partial charge in [0.1, 0.15) is 11.5 Å². The molecule has 1 atom stereocenters. The summed E-state index contributed by atoms with van der Waals surface area (Å²) in [5.41, 5.74) is 3.67. The molecule has 1 fully saturated rings. The van der Waals surface area contributed by atoms with Crippen LogP contribution in [0.3, 0.4) is 0 Å². The maximum atomic E-state index is 13.2. The van der Waals surface area contributed by atoms with Crippen LogP contribution in [0.5, 0.6) is 0 Å². The fourth-order valence-electron chi connectivity index (χ4n) is 3.87. The summed E-state index contributed by atoms with van der Waals surface area (Å²) < 4.78 is 20.6. The van der Waals surface area contributed by atoms with Crippen LogP contribution in [0.2, 0.25) is 0 Å². The molecule has 1 aromatic carbocycles. The third-order valence-electron chi connectivity index (χ3n) is 5.38. The van der Waals surface area contributed by atoms with Gasteiger partial charge in [-0.3, -0.25) is 4.90 Å². The van der Waals surface area contributed by atoms with Crippen molar-refractivity contribution in [1.29, 1.82) is 0 Å². The Morgan fingerprint density at radius 1 is 1.07 bits per heavy atom. The monoisotopic (exact) mass is 404 g/mol. The van der Waals surface area contributed by atoms with Crippen molar-refractivity contribution in [2.75, 3.05) is 13.1 Å². The van der Waals surface area contributed by atoms with Gasteiger partial charge in [0, 0.05) is 37.0 Å². The Morgan fingerprint density at radius 2 is 1.90 bits per heavy atom. The van der Waals surface area contributed by atoms with Crippen molar-refractivity contribution < 1.29 is 13.9 Å². The summed E-state index contributed by atoms with van der Waals surface area (Å²) in [6.07, 6.45) is 5.75. The first-order valence-corrected chi connectivity index (χ1v) is 9.91. The van der Waals surface area contributed by atoms with Gasteiger partial charge in [-0.2, -0.15) is 5.10 Å². The van der Waals surface area contributed by atoms with Crippen LogP contribution < -0.4 is 0 Å². The number of rotatable bonds is 5. The highest BCUT2D eigenvalue weighted by Gasteiger charge is 2.24. The fraction of sp³-hybridized carbons (Fsp3) is 0.217. The molecule has 1 saturated heterocycles. The molecule has 7 heteroatoms.